The number of pyridine rings is 1. The van der Waals surface area contributed by atoms with Crippen LogP contribution in [0, 0.1) is 22.7 Å². The SMILES string of the molecule is CC.N#CC/C=C(\CCN)c1ccc2c(c1)-c1cc(-c3ccnc(C#N)c3)ccc1C21c2ccccc2-c2ccccc21. The van der Waals surface area contributed by atoms with Gasteiger partial charge >= 0.3 is 0 Å². The summed E-state index contributed by atoms with van der Waals surface area (Å²) in [6.07, 6.45) is 4.74. The molecular formula is C39H32N4. The number of nitriles is 2. The van der Waals surface area contributed by atoms with Crippen LogP contribution < -0.4 is 5.73 Å². The Morgan fingerprint density at radius 1 is 0.744 bits per heavy atom. The Morgan fingerprint density at radius 3 is 2.00 bits per heavy atom. The van der Waals surface area contributed by atoms with E-state index in [1.807, 2.05) is 32.1 Å². The lowest BCUT2D eigenvalue weighted by molar-refractivity contribution is 0.793. The quantitative estimate of drug-likeness (QED) is 0.230. The lowest BCUT2D eigenvalue weighted by Gasteiger charge is -2.30. The number of hydrogen-bond donors (Lipinski definition) is 1. The molecule has 4 heteroatoms. The van der Waals surface area contributed by atoms with Crippen LogP contribution in [0.1, 0.15) is 60.2 Å². The third-order valence-electron chi connectivity index (χ3n) is 8.52. The normalized spacial score (nSPS) is 13.1. The van der Waals surface area contributed by atoms with Gasteiger partial charge in [0, 0.05) is 6.20 Å². The fourth-order valence-electron chi connectivity index (χ4n) is 6.89. The number of nitrogens with two attached hydrogens (primary N) is 1. The molecule has 5 aromatic rings. The van der Waals surface area contributed by atoms with Crippen LogP contribution in [0.4, 0.5) is 0 Å². The van der Waals surface area contributed by atoms with Crippen LogP contribution in [0.5, 0.6) is 0 Å². The van der Waals surface area contributed by atoms with E-state index < -0.39 is 5.41 Å². The van der Waals surface area contributed by atoms with Gasteiger partial charge < -0.3 is 5.73 Å². The van der Waals surface area contributed by atoms with Gasteiger partial charge in [0.2, 0.25) is 0 Å². The summed E-state index contributed by atoms with van der Waals surface area (Å²) in [4.78, 5) is 4.17. The smallest absolute Gasteiger partial charge is 0.141 e. The van der Waals surface area contributed by atoms with E-state index in [2.05, 4.69) is 102 Å². The first-order valence-corrected chi connectivity index (χ1v) is 14.8. The lowest BCUT2D eigenvalue weighted by Crippen LogP contribution is -2.25. The molecule has 4 nitrogen and oxygen atoms in total. The minimum atomic E-state index is -0.435. The molecule has 1 aromatic heterocycles. The summed E-state index contributed by atoms with van der Waals surface area (Å²) < 4.78 is 0. The molecule has 0 bridgehead atoms. The van der Waals surface area contributed by atoms with Crippen molar-refractivity contribution in [3.8, 4) is 45.5 Å². The molecule has 4 aromatic carbocycles. The summed E-state index contributed by atoms with van der Waals surface area (Å²) in [7, 11) is 0. The van der Waals surface area contributed by atoms with E-state index in [9.17, 15) is 10.5 Å². The topological polar surface area (TPSA) is 86.5 Å². The lowest BCUT2D eigenvalue weighted by atomic mass is 9.70. The van der Waals surface area contributed by atoms with E-state index in [1.54, 1.807) is 6.20 Å². The maximum absolute atomic E-state index is 9.46. The van der Waals surface area contributed by atoms with Crippen molar-refractivity contribution in [1.82, 2.24) is 4.98 Å². The number of allylic oxidation sites excluding steroid dienone is 1. The van der Waals surface area contributed by atoms with Gasteiger partial charge in [-0.2, -0.15) is 10.5 Å². The van der Waals surface area contributed by atoms with Gasteiger partial charge in [0.25, 0.3) is 0 Å². The number of fused-ring (bicyclic) bond motifs is 10. The molecule has 0 fully saturated rings. The minimum Gasteiger partial charge on any atom is -0.330 e. The van der Waals surface area contributed by atoms with Crippen molar-refractivity contribution < 1.29 is 0 Å². The first kappa shape index (κ1) is 27.9. The second-order valence-electron chi connectivity index (χ2n) is 10.5. The second-order valence-corrected chi connectivity index (χ2v) is 10.5. The molecule has 1 spiro atoms. The maximum Gasteiger partial charge on any atom is 0.141 e. The number of benzene rings is 4. The highest BCUT2D eigenvalue weighted by Crippen LogP contribution is 2.63. The zero-order valence-corrected chi connectivity index (χ0v) is 24.4. The number of hydrogen-bond acceptors (Lipinski definition) is 4. The average Bonchev–Trinajstić information content (AvgIpc) is 3.54. The van der Waals surface area contributed by atoms with Crippen LogP contribution in [0.25, 0.3) is 39.0 Å². The largest absolute Gasteiger partial charge is 0.330 e. The Balaban J connectivity index is 0.00000161. The number of nitrogens with zero attached hydrogens (tertiary/aromatic N) is 3. The van der Waals surface area contributed by atoms with E-state index in [1.165, 1.54) is 44.5 Å². The molecule has 2 N–H and O–H groups in total. The Hall–Kier alpha value is -5.29. The molecule has 0 atom stereocenters. The van der Waals surface area contributed by atoms with Gasteiger partial charge in [-0.25, -0.2) is 4.98 Å². The van der Waals surface area contributed by atoms with Crippen LogP contribution in [-0.2, 0) is 5.41 Å². The molecular weight excluding hydrogens is 524 g/mol. The molecule has 0 saturated heterocycles. The zero-order valence-electron chi connectivity index (χ0n) is 24.4. The molecule has 0 radical (unpaired) electrons. The van der Waals surface area contributed by atoms with Gasteiger partial charge in [0.15, 0.2) is 0 Å². The van der Waals surface area contributed by atoms with Gasteiger partial charge in [-0.3, -0.25) is 0 Å². The standard InChI is InChI=1S/C37H26N4.C2H6/c38-17-5-6-24(15-18-39)25-11-13-35-31(21-25)32-22-26(27-16-19-41-28(20-27)23-40)12-14-36(32)37(35)33-9-3-1-7-29(33)30-8-2-4-10-34(30)37;1-2/h1-4,6-14,16,19-22H,5,15,18,39H2;1-2H3/b24-6+;. The molecule has 2 aliphatic carbocycles. The number of aromatic nitrogens is 1. The Bertz CT molecular complexity index is 1920. The highest BCUT2D eigenvalue weighted by Gasteiger charge is 2.51. The van der Waals surface area contributed by atoms with Crippen LogP contribution in [0.3, 0.4) is 0 Å². The van der Waals surface area contributed by atoms with E-state index in [0.29, 0.717) is 25.1 Å². The van der Waals surface area contributed by atoms with Gasteiger partial charge in [-0.1, -0.05) is 92.7 Å². The van der Waals surface area contributed by atoms with Crippen molar-refractivity contribution >= 4 is 5.57 Å². The minimum absolute atomic E-state index is 0.348. The van der Waals surface area contributed by atoms with Crippen molar-refractivity contribution in [3.63, 3.8) is 0 Å². The molecule has 0 aliphatic heterocycles. The molecule has 43 heavy (non-hydrogen) atoms. The predicted molar refractivity (Wildman–Crippen MR) is 174 cm³/mol. The summed E-state index contributed by atoms with van der Waals surface area (Å²) >= 11 is 0. The van der Waals surface area contributed by atoms with Crippen molar-refractivity contribution in [3.05, 3.63) is 143 Å². The van der Waals surface area contributed by atoms with Crippen molar-refractivity contribution in [1.29, 1.82) is 10.5 Å². The van der Waals surface area contributed by atoms with E-state index in [0.717, 1.165) is 22.3 Å². The zero-order chi connectivity index (χ0) is 30.0. The van der Waals surface area contributed by atoms with Crippen LogP contribution >= 0.6 is 0 Å². The van der Waals surface area contributed by atoms with Crippen molar-refractivity contribution in [2.24, 2.45) is 5.73 Å². The van der Waals surface area contributed by atoms with Crippen molar-refractivity contribution in [2.45, 2.75) is 32.1 Å². The van der Waals surface area contributed by atoms with E-state index in [4.69, 9.17) is 5.73 Å². The van der Waals surface area contributed by atoms with Crippen molar-refractivity contribution in [2.75, 3.05) is 6.54 Å². The van der Waals surface area contributed by atoms with E-state index >= 15 is 0 Å². The fourth-order valence-corrected chi connectivity index (χ4v) is 6.89. The highest BCUT2D eigenvalue weighted by molar-refractivity contribution is 5.96. The van der Waals surface area contributed by atoms with E-state index in [-0.39, 0.29) is 0 Å². The Labute approximate surface area is 253 Å². The monoisotopic (exact) mass is 556 g/mol. The summed E-state index contributed by atoms with van der Waals surface area (Å²) in [6.45, 7) is 4.52. The molecule has 0 unspecified atom stereocenters. The molecule has 0 amide bonds. The van der Waals surface area contributed by atoms with Gasteiger partial charge in [0.05, 0.1) is 17.9 Å². The van der Waals surface area contributed by atoms with Crippen LogP contribution in [-0.4, -0.2) is 11.5 Å². The number of rotatable bonds is 5. The highest BCUT2D eigenvalue weighted by atomic mass is 14.7. The second kappa shape index (κ2) is 11.5. The molecule has 208 valence electrons. The van der Waals surface area contributed by atoms with Crippen LogP contribution in [0.15, 0.2) is 109 Å². The fraction of sp³-hybridized carbons (Fsp3) is 0.154. The van der Waals surface area contributed by atoms with Gasteiger partial charge in [-0.15, -0.1) is 0 Å². The molecule has 7 rings (SSSR count). The predicted octanol–water partition coefficient (Wildman–Crippen LogP) is 8.64. The summed E-state index contributed by atoms with van der Waals surface area (Å²) in [5.41, 5.74) is 20.1. The Morgan fingerprint density at radius 2 is 1.35 bits per heavy atom. The Kier molecular flexibility index (Phi) is 7.47. The van der Waals surface area contributed by atoms with Crippen LogP contribution in [0.2, 0.25) is 0 Å². The molecule has 0 saturated carbocycles. The summed E-state index contributed by atoms with van der Waals surface area (Å²) in [5, 5.41) is 18.7. The summed E-state index contributed by atoms with van der Waals surface area (Å²) in [5.74, 6) is 0. The third kappa shape index (κ3) is 4.28. The average molecular weight is 557 g/mol. The third-order valence-corrected chi connectivity index (χ3v) is 8.52. The van der Waals surface area contributed by atoms with Gasteiger partial charge in [0.1, 0.15) is 11.8 Å². The molecule has 2 aliphatic rings. The maximum atomic E-state index is 9.46. The first-order valence-electron chi connectivity index (χ1n) is 14.8. The molecule has 1 heterocycles. The summed E-state index contributed by atoms with van der Waals surface area (Å²) in [6, 6.07) is 39.2. The first-order chi connectivity index (χ1) is 21.2. The van der Waals surface area contributed by atoms with Gasteiger partial charge in [-0.05, 0) is 104 Å².